The second-order valence-electron chi connectivity index (χ2n) is 4.34. The van der Waals surface area contributed by atoms with Crippen LogP contribution in [0.4, 0.5) is 0 Å². The summed E-state index contributed by atoms with van der Waals surface area (Å²) in [6.45, 7) is 2.05. The fourth-order valence-corrected chi connectivity index (χ4v) is 1.96. The number of hydrogen-bond donors (Lipinski definition) is 0. The molecule has 3 aromatic rings. The second-order valence-corrected chi connectivity index (χ2v) is 4.34. The molecule has 3 rings (SSSR count). The quantitative estimate of drug-likeness (QED) is 0.641. The van der Waals surface area contributed by atoms with Crippen LogP contribution in [-0.4, -0.2) is 15.7 Å². The minimum absolute atomic E-state index is 0.679. The van der Waals surface area contributed by atoms with Crippen LogP contribution < -0.4 is 0 Å². The third-order valence-corrected chi connectivity index (χ3v) is 2.96. The molecule has 0 saturated heterocycles. The van der Waals surface area contributed by atoms with Crippen LogP contribution in [0.2, 0.25) is 0 Å². The molecular weight excluding hydrogens is 224 g/mol. The molecule has 18 heavy (non-hydrogen) atoms. The highest BCUT2D eigenvalue weighted by molar-refractivity contribution is 5.76. The molecule has 2 aromatic heterocycles. The fourth-order valence-electron chi connectivity index (χ4n) is 1.96. The van der Waals surface area contributed by atoms with Gasteiger partial charge in [-0.2, -0.15) is 0 Å². The lowest BCUT2D eigenvalue weighted by Gasteiger charge is -1.95. The molecule has 0 N–H and O–H groups in total. The van der Waals surface area contributed by atoms with Gasteiger partial charge in [0.05, 0.1) is 5.69 Å². The van der Waals surface area contributed by atoms with E-state index in [2.05, 4.69) is 4.98 Å². The summed E-state index contributed by atoms with van der Waals surface area (Å²) in [5, 5.41) is 0. The lowest BCUT2D eigenvalue weighted by molar-refractivity contribution is 0.112. The van der Waals surface area contributed by atoms with Crippen molar-refractivity contribution in [3.05, 3.63) is 59.9 Å². The van der Waals surface area contributed by atoms with Gasteiger partial charge >= 0.3 is 0 Å². The standard InChI is InChI=1S/C15H12N2O/c1-11-6-7-17-9-14(16-15(17)8-11)13-4-2-12(10-18)3-5-13/h2-10H,1H3. The number of benzene rings is 1. The Morgan fingerprint density at radius 2 is 1.94 bits per heavy atom. The van der Waals surface area contributed by atoms with Crippen molar-refractivity contribution in [1.29, 1.82) is 0 Å². The van der Waals surface area contributed by atoms with Gasteiger partial charge in [-0.05, 0) is 24.6 Å². The van der Waals surface area contributed by atoms with Crippen molar-refractivity contribution in [2.75, 3.05) is 0 Å². The summed E-state index contributed by atoms with van der Waals surface area (Å²) in [4.78, 5) is 15.2. The van der Waals surface area contributed by atoms with E-state index in [0.717, 1.165) is 23.2 Å². The number of carbonyl (C=O) groups is 1. The summed E-state index contributed by atoms with van der Waals surface area (Å²) < 4.78 is 2.00. The van der Waals surface area contributed by atoms with Crippen molar-refractivity contribution in [3.8, 4) is 11.3 Å². The minimum atomic E-state index is 0.679. The van der Waals surface area contributed by atoms with Crippen LogP contribution in [0.25, 0.3) is 16.9 Å². The molecule has 0 aliphatic carbocycles. The number of aromatic nitrogens is 2. The molecule has 1 aromatic carbocycles. The van der Waals surface area contributed by atoms with E-state index < -0.39 is 0 Å². The van der Waals surface area contributed by atoms with E-state index >= 15 is 0 Å². The summed E-state index contributed by atoms with van der Waals surface area (Å²) in [6.07, 6.45) is 4.84. The van der Waals surface area contributed by atoms with E-state index in [9.17, 15) is 4.79 Å². The average molecular weight is 236 g/mol. The lowest BCUT2D eigenvalue weighted by Crippen LogP contribution is -1.81. The van der Waals surface area contributed by atoms with E-state index in [0.29, 0.717) is 5.56 Å². The van der Waals surface area contributed by atoms with Crippen LogP contribution in [0.15, 0.2) is 48.8 Å². The topological polar surface area (TPSA) is 34.4 Å². The van der Waals surface area contributed by atoms with Gasteiger partial charge in [-0.1, -0.05) is 24.3 Å². The Morgan fingerprint density at radius 3 is 2.67 bits per heavy atom. The minimum Gasteiger partial charge on any atom is -0.306 e. The average Bonchev–Trinajstić information content (AvgIpc) is 2.81. The zero-order chi connectivity index (χ0) is 12.5. The molecule has 88 valence electrons. The predicted molar refractivity (Wildman–Crippen MR) is 70.8 cm³/mol. The molecule has 0 fully saturated rings. The molecule has 0 unspecified atom stereocenters. The molecule has 0 aliphatic rings. The van der Waals surface area contributed by atoms with Gasteiger partial charge in [0.1, 0.15) is 11.9 Å². The molecule has 0 amide bonds. The number of fused-ring (bicyclic) bond motifs is 1. The van der Waals surface area contributed by atoms with Crippen LogP contribution in [0.1, 0.15) is 15.9 Å². The van der Waals surface area contributed by atoms with Crippen LogP contribution >= 0.6 is 0 Å². The van der Waals surface area contributed by atoms with Gasteiger partial charge in [0.15, 0.2) is 0 Å². The molecule has 0 radical (unpaired) electrons. The Hall–Kier alpha value is -2.42. The molecule has 0 spiro atoms. The number of aldehydes is 1. The Morgan fingerprint density at radius 1 is 1.17 bits per heavy atom. The SMILES string of the molecule is Cc1ccn2cc(-c3ccc(C=O)cc3)nc2c1. The van der Waals surface area contributed by atoms with E-state index in [4.69, 9.17) is 0 Å². The smallest absolute Gasteiger partial charge is 0.150 e. The molecule has 3 nitrogen and oxygen atoms in total. The van der Waals surface area contributed by atoms with E-state index in [1.807, 2.05) is 48.0 Å². The number of imidazole rings is 1. The van der Waals surface area contributed by atoms with Gasteiger partial charge < -0.3 is 4.40 Å². The second kappa shape index (κ2) is 4.11. The van der Waals surface area contributed by atoms with E-state index in [-0.39, 0.29) is 0 Å². The number of carbonyl (C=O) groups excluding carboxylic acids is 1. The Kier molecular flexibility index (Phi) is 2.45. The van der Waals surface area contributed by atoms with E-state index in [1.54, 1.807) is 12.1 Å². The van der Waals surface area contributed by atoms with Crippen molar-refractivity contribution >= 4 is 11.9 Å². The van der Waals surface area contributed by atoms with Crippen molar-refractivity contribution in [2.24, 2.45) is 0 Å². The number of nitrogens with zero attached hydrogens (tertiary/aromatic N) is 2. The summed E-state index contributed by atoms with van der Waals surface area (Å²) in [5.74, 6) is 0. The van der Waals surface area contributed by atoms with Gasteiger partial charge in [-0.15, -0.1) is 0 Å². The zero-order valence-electron chi connectivity index (χ0n) is 10.00. The van der Waals surface area contributed by atoms with Gasteiger partial charge in [-0.25, -0.2) is 4.98 Å². The normalized spacial score (nSPS) is 10.7. The van der Waals surface area contributed by atoms with Crippen LogP contribution in [-0.2, 0) is 0 Å². The number of rotatable bonds is 2. The third kappa shape index (κ3) is 1.80. The summed E-state index contributed by atoms with van der Waals surface area (Å²) in [7, 11) is 0. The van der Waals surface area contributed by atoms with Crippen molar-refractivity contribution < 1.29 is 4.79 Å². The summed E-state index contributed by atoms with van der Waals surface area (Å²) in [6, 6.07) is 11.5. The maximum atomic E-state index is 10.6. The van der Waals surface area contributed by atoms with Crippen LogP contribution in [0, 0.1) is 6.92 Å². The molecule has 3 heteroatoms. The highest BCUT2D eigenvalue weighted by Gasteiger charge is 2.04. The van der Waals surface area contributed by atoms with Crippen molar-refractivity contribution in [2.45, 2.75) is 6.92 Å². The molecule has 0 saturated carbocycles. The summed E-state index contributed by atoms with van der Waals surface area (Å²) in [5.41, 5.74) is 4.73. The first kappa shape index (κ1) is 10.7. The molecular formula is C15H12N2O. The highest BCUT2D eigenvalue weighted by atomic mass is 16.1. The maximum Gasteiger partial charge on any atom is 0.150 e. The third-order valence-electron chi connectivity index (χ3n) is 2.96. The van der Waals surface area contributed by atoms with Gasteiger partial charge in [0, 0.05) is 23.5 Å². The van der Waals surface area contributed by atoms with Gasteiger partial charge in [0.25, 0.3) is 0 Å². The first-order chi connectivity index (χ1) is 8.76. The van der Waals surface area contributed by atoms with Crippen molar-refractivity contribution in [1.82, 2.24) is 9.38 Å². The Bertz CT molecular complexity index is 711. The maximum absolute atomic E-state index is 10.6. The fraction of sp³-hybridized carbons (Fsp3) is 0.0667. The number of pyridine rings is 1. The van der Waals surface area contributed by atoms with Crippen LogP contribution in [0.5, 0.6) is 0 Å². The first-order valence-corrected chi connectivity index (χ1v) is 5.77. The highest BCUT2D eigenvalue weighted by Crippen LogP contribution is 2.19. The van der Waals surface area contributed by atoms with Gasteiger partial charge in [0.2, 0.25) is 0 Å². The largest absolute Gasteiger partial charge is 0.306 e. The Balaban J connectivity index is 2.10. The molecule has 0 aliphatic heterocycles. The van der Waals surface area contributed by atoms with E-state index in [1.165, 1.54) is 5.56 Å². The molecule has 0 atom stereocenters. The monoisotopic (exact) mass is 236 g/mol. The first-order valence-electron chi connectivity index (χ1n) is 5.77. The van der Waals surface area contributed by atoms with Crippen molar-refractivity contribution in [3.63, 3.8) is 0 Å². The lowest BCUT2D eigenvalue weighted by atomic mass is 10.1. The number of aryl methyl sites for hydroxylation is 1. The molecule has 0 bridgehead atoms. The Labute approximate surface area is 105 Å². The molecule has 2 heterocycles. The number of hydrogen-bond acceptors (Lipinski definition) is 2. The summed E-state index contributed by atoms with van der Waals surface area (Å²) >= 11 is 0. The van der Waals surface area contributed by atoms with Gasteiger partial charge in [-0.3, -0.25) is 4.79 Å². The van der Waals surface area contributed by atoms with Crippen LogP contribution in [0.3, 0.4) is 0 Å². The zero-order valence-corrected chi connectivity index (χ0v) is 10.00. The predicted octanol–water partition coefficient (Wildman–Crippen LogP) is 3.12.